The molecular weight excluding hydrogens is 330 g/mol. The van der Waals surface area contributed by atoms with Gasteiger partial charge in [0, 0.05) is 16.8 Å². The van der Waals surface area contributed by atoms with E-state index in [0.29, 0.717) is 28.7 Å². The molecule has 1 N–H and O–H groups in total. The second kappa shape index (κ2) is 6.61. The molecule has 1 heterocycles. The summed E-state index contributed by atoms with van der Waals surface area (Å²) in [6.45, 7) is 0. The van der Waals surface area contributed by atoms with E-state index in [1.165, 1.54) is 0 Å². The Balaban J connectivity index is 1.98. The van der Waals surface area contributed by atoms with E-state index in [1.807, 2.05) is 12.1 Å². The number of benzene rings is 2. The fourth-order valence-electron chi connectivity index (χ4n) is 2.98. The third-order valence-electron chi connectivity index (χ3n) is 4.18. The number of hydrogen-bond donors (Lipinski definition) is 1. The van der Waals surface area contributed by atoms with Gasteiger partial charge >= 0.3 is 0 Å². The summed E-state index contributed by atoms with van der Waals surface area (Å²) in [6.07, 6.45) is 0.490. The van der Waals surface area contributed by atoms with E-state index in [1.54, 1.807) is 39.5 Å². The van der Waals surface area contributed by atoms with Crippen molar-refractivity contribution in [2.45, 2.75) is 12.3 Å². The molecule has 0 unspecified atom stereocenters. The molecule has 1 aliphatic heterocycles. The van der Waals surface area contributed by atoms with Gasteiger partial charge in [-0.05, 0) is 35.7 Å². The summed E-state index contributed by atoms with van der Waals surface area (Å²) >= 11 is 6.00. The minimum Gasteiger partial charge on any atom is -0.496 e. The highest BCUT2D eigenvalue weighted by atomic mass is 35.5. The van der Waals surface area contributed by atoms with E-state index in [9.17, 15) is 4.79 Å². The molecule has 1 aliphatic rings. The van der Waals surface area contributed by atoms with Crippen LogP contribution in [0.4, 0.5) is 5.69 Å². The van der Waals surface area contributed by atoms with Gasteiger partial charge in [0.05, 0.1) is 27.2 Å². The first-order valence-corrected chi connectivity index (χ1v) is 7.84. The summed E-state index contributed by atoms with van der Waals surface area (Å²) < 4.78 is 16.1. The van der Waals surface area contributed by atoms with Gasteiger partial charge in [-0.2, -0.15) is 0 Å². The third-order valence-corrected chi connectivity index (χ3v) is 4.41. The Kier molecular flexibility index (Phi) is 4.53. The van der Waals surface area contributed by atoms with Gasteiger partial charge in [0.2, 0.25) is 5.91 Å². The molecule has 24 heavy (non-hydrogen) atoms. The lowest BCUT2D eigenvalue weighted by Crippen LogP contribution is -2.14. The number of halogens is 1. The van der Waals surface area contributed by atoms with Crippen LogP contribution in [-0.2, 0) is 11.2 Å². The number of hydrogen-bond acceptors (Lipinski definition) is 4. The summed E-state index contributed by atoms with van der Waals surface area (Å²) in [7, 11) is 4.74. The van der Waals surface area contributed by atoms with Crippen LogP contribution >= 0.6 is 11.6 Å². The van der Waals surface area contributed by atoms with E-state index < -0.39 is 0 Å². The van der Waals surface area contributed by atoms with E-state index in [2.05, 4.69) is 5.32 Å². The maximum absolute atomic E-state index is 12.4. The van der Waals surface area contributed by atoms with Crippen LogP contribution in [0.3, 0.4) is 0 Å². The maximum atomic E-state index is 12.4. The number of rotatable bonds is 5. The molecule has 0 fully saturated rings. The van der Waals surface area contributed by atoms with Crippen LogP contribution in [0, 0.1) is 0 Å². The molecule has 0 saturated heterocycles. The van der Waals surface area contributed by atoms with E-state index >= 15 is 0 Å². The molecule has 2 aromatic rings. The Labute approximate surface area is 145 Å². The zero-order valence-corrected chi connectivity index (χ0v) is 14.4. The quantitative estimate of drug-likeness (QED) is 0.897. The first kappa shape index (κ1) is 16.5. The number of methoxy groups -OCH3 is 3. The monoisotopic (exact) mass is 347 g/mol. The molecule has 0 saturated carbocycles. The summed E-state index contributed by atoms with van der Waals surface area (Å²) in [5.41, 5.74) is 2.57. The number of ether oxygens (including phenoxy) is 3. The Morgan fingerprint density at radius 1 is 1.00 bits per heavy atom. The summed E-state index contributed by atoms with van der Waals surface area (Å²) in [5.74, 6) is 1.49. The standard InChI is InChI=1S/C18H18ClNO4/c1-22-15-9-17(24-3)16(23-2)7-10(15)6-13-12-5-4-11(19)8-14(12)20-18(13)21/h4-5,7-9,13H,6H2,1-3H3,(H,20,21)/t13-/m0/s1. The molecule has 126 valence electrons. The zero-order valence-electron chi connectivity index (χ0n) is 13.7. The number of carbonyl (C=O) groups excluding carboxylic acids is 1. The van der Waals surface area contributed by atoms with Gasteiger partial charge in [0.1, 0.15) is 5.75 Å². The van der Waals surface area contributed by atoms with Gasteiger partial charge in [-0.25, -0.2) is 0 Å². The molecule has 0 aromatic heterocycles. The van der Waals surface area contributed by atoms with Crippen molar-refractivity contribution in [1.29, 1.82) is 0 Å². The van der Waals surface area contributed by atoms with Crippen LogP contribution < -0.4 is 19.5 Å². The largest absolute Gasteiger partial charge is 0.496 e. The highest BCUT2D eigenvalue weighted by molar-refractivity contribution is 6.31. The van der Waals surface area contributed by atoms with Crippen molar-refractivity contribution in [3.8, 4) is 17.2 Å². The first-order chi connectivity index (χ1) is 11.6. The third kappa shape index (κ3) is 2.87. The van der Waals surface area contributed by atoms with Crippen molar-refractivity contribution >= 4 is 23.2 Å². The molecule has 6 heteroatoms. The zero-order chi connectivity index (χ0) is 17.3. The van der Waals surface area contributed by atoms with Crippen LogP contribution in [0.25, 0.3) is 0 Å². The second-order valence-corrected chi connectivity index (χ2v) is 5.93. The van der Waals surface area contributed by atoms with Crippen LogP contribution in [0.2, 0.25) is 5.02 Å². The molecule has 0 radical (unpaired) electrons. The lowest BCUT2D eigenvalue weighted by molar-refractivity contribution is -0.117. The Morgan fingerprint density at radius 3 is 2.33 bits per heavy atom. The highest BCUT2D eigenvalue weighted by Crippen LogP contribution is 2.40. The van der Waals surface area contributed by atoms with Gasteiger partial charge in [-0.1, -0.05) is 17.7 Å². The van der Waals surface area contributed by atoms with Crippen LogP contribution in [0.5, 0.6) is 17.2 Å². The van der Waals surface area contributed by atoms with Gasteiger partial charge in [0.15, 0.2) is 11.5 Å². The van der Waals surface area contributed by atoms with E-state index in [4.69, 9.17) is 25.8 Å². The van der Waals surface area contributed by atoms with Crippen molar-refractivity contribution < 1.29 is 19.0 Å². The molecule has 1 amide bonds. The van der Waals surface area contributed by atoms with Crippen LogP contribution in [0.15, 0.2) is 30.3 Å². The first-order valence-electron chi connectivity index (χ1n) is 7.46. The number of anilines is 1. The second-order valence-electron chi connectivity index (χ2n) is 5.50. The van der Waals surface area contributed by atoms with Gasteiger partial charge in [-0.3, -0.25) is 4.79 Å². The average Bonchev–Trinajstić information content (AvgIpc) is 2.89. The van der Waals surface area contributed by atoms with Crippen LogP contribution in [0.1, 0.15) is 17.0 Å². The topological polar surface area (TPSA) is 56.8 Å². The molecule has 0 aliphatic carbocycles. The predicted octanol–water partition coefficient (Wildman–Crippen LogP) is 3.64. The highest BCUT2D eigenvalue weighted by Gasteiger charge is 2.31. The fraction of sp³-hybridized carbons (Fsp3) is 0.278. The maximum Gasteiger partial charge on any atom is 0.232 e. The van der Waals surface area contributed by atoms with E-state index in [-0.39, 0.29) is 11.8 Å². The van der Waals surface area contributed by atoms with Crippen molar-refractivity contribution in [1.82, 2.24) is 0 Å². The minimum atomic E-state index is -0.302. The normalized spacial score (nSPS) is 15.7. The Hall–Kier alpha value is -2.40. The smallest absolute Gasteiger partial charge is 0.232 e. The molecule has 0 spiro atoms. The van der Waals surface area contributed by atoms with Crippen LogP contribution in [-0.4, -0.2) is 27.2 Å². The SMILES string of the molecule is COc1cc(OC)c(OC)cc1C[C@@H]1C(=O)Nc2cc(Cl)ccc21. The van der Waals surface area contributed by atoms with Crippen molar-refractivity contribution in [2.75, 3.05) is 26.6 Å². The van der Waals surface area contributed by atoms with Gasteiger partial charge in [-0.15, -0.1) is 0 Å². The van der Waals surface area contributed by atoms with Crippen molar-refractivity contribution in [3.63, 3.8) is 0 Å². The number of fused-ring (bicyclic) bond motifs is 1. The van der Waals surface area contributed by atoms with Crippen molar-refractivity contribution in [3.05, 3.63) is 46.5 Å². The molecule has 1 atom stereocenters. The van der Waals surface area contributed by atoms with E-state index in [0.717, 1.165) is 16.8 Å². The number of nitrogens with one attached hydrogen (secondary N) is 1. The summed E-state index contributed by atoms with van der Waals surface area (Å²) in [4.78, 5) is 12.4. The number of amides is 1. The molecule has 5 nitrogen and oxygen atoms in total. The van der Waals surface area contributed by atoms with Gasteiger partial charge < -0.3 is 19.5 Å². The lowest BCUT2D eigenvalue weighted by Gasteiger charge is -2.16. The lowest BCUT2D eigenvalue weighted by atomic mass is 9.92. The predicted molar refractivity (Wildman–Crippen MR) is 92.6 cm³/mol. The van der Waals surface area contributed by atoms with Gasteiger partial charge in [0.25, 0.3) is 0 Å². The summed E-state index contributed by atoms with van der Waals surface area (Å²) in [6, 6.07) is 9.05. The number of carbonyl (C=O) groups is 1. The Morgan fingerprint density at radius 2 is 1.67 bits per heavy atom. The fourth-order valence-corrected chi connectivity index (χ4v) is 3.15. The van der Waals surface area contributed by atoms with Crippen molar-refractivity contribution in [2.24, 2.45) is 0 Å². The average molecular weight is 348 g/mol. The Bertz CT molecular complexity index is 791. The molecular formula is C18H18ClNO4. The molecule has 0 bridgehead atoms. The summed E-state index contributed by atoms with van der Waals surface area (Å²) in [5, 5.41) is 3.47. The molecule has 2 aromatic carbocycles. The molecule has 3 rings (SSSR count). The minimum absolute atomic E-state index is 0.0518.